The van der Waals surface area contributed by atoms with E-state index in [9.17, 15) is 0 Å². The number of halogens is 1. The molecular formula is C16H19ClN2OS. The van der Waals surface area contributed by atoms with Gasteiger partial charge in [0.2, 0.25) is 0 Å². The van der Waals surface area contributed by atoms with Gasteiger partial charge in [0, 0.05) is 30.2 Å². The summed E-state index contributed by atoms with van der Waals surface area (Å²) in [6.07, 6.45) is 0. The highest BCUT2D eigenvalue weighted by atomic mass is 35.5. The van der Waals surface area contributed by atoms with Crippen molar-refractivity contribution in [1.82, 2.24) is 0 Å². The van der Waals surface area contributed by atoms with Crippen LogP contribution in [-0.4, -0.2) is 26.3 Å². The van der Waals surface area contributed by atoms with Crippen molar-refractivity contribution < 1.29 is 4.74 Å². The molecule has 112 valence electrons. The quantitative estimate of drug-likeness (QED) is 0.914. The Kier molecular flexibility index (Phi) is 4.68. The molecule has 0 spiro atoms. The Morgan fingerprint density at radius 2 is 2.10 bits per heavy atom. The predicted octanol–water partition coefficient (Wildman–Crippen LogP) is 4.16. The highest BCUT2D eigenvalue weighted by molar-refractivity contribution is 7.10. The lowest BCUT2D eigenvalue weighted by atomic mass is 10.2. The van der Waals surface area contributed by atoms with Gasteiger partial charge in [-0.15, -0.1) is 11.3 Å². The smallest absolute Gasteiger partial charge is 0.0660 e. The first-order chi connectivity index (χ1) is 10.2. The second-order valence-electron chi connectivity index (χ2n) is 5.15. The monoisotopic (exact) mass is 322 g/mol. The van der Waals surface area contributed by atoms with Crippen LogP contribution >= 0.6 is 22.9 Å². The van der Waals surface area contributed by atoms with Crippen LogP contribution in [0.2, 0.25) is 5.02 Å². The number of hydrogen-bond donors (Lipinski definition) is 1. The number of hydrogen-bond acceptors (Lipinski definition) is 4. The third-order valence-corrected chi connectivity index (χ3v) is 5.05. The minimum Gasteiger partial charge on any atom is -0.380 e. The van der Waals surface area contributed by atoms with Crippen LogP contribution in [0.3, 0.4) is 0 Å². The second-order valence-corrected chi connectivity index (χ2v) is 6.55. The third kappa shape index (κ3) is 3.51. The van der Waals surface area contributed by atoms with E-state index in [1.54, 1.807) is 11.3 Å². The highest BCUT2D eigenvalue weighted by Gasteiger charge is 2.14. The minimum atomic E-state index is 0.772. The minimum absolute atomic E-state index is 0.772. The molecule has 21 heavy (non-hydrogen) atoms. The number of anilines is 2. The summed E-state index contributed by atoms with van der Waals surface area (Å²) in [6, 6.07) is 8.35. The molecule has 3 rings (SSSR count). The van der Waals surface area contributed by atoms with Gasteiger partial charge in [-0.2, -0.15) is 0 Å². The molecule has 0 saturated carbocycles. The summed E-state index contributed by atoms with van der Waals surface area (Å²) in [4.78, 5) is 3.64. The molecule has 1 aliphatic rings. The largest absolute Gasteiger partial charge is 0.380 e. The molecule has 0 aliphatic carbocycles. The van der Waals surface area contributed by atoms with Crippen LogP contribution < -0.4 is 10.2 Å². The molecule has 1 N–H and O–H groups in total. The van der Waals surface area contributed by atoms with Crippen LogP contribution in [0.25, 0.3) is 0 Å². The number of nitrogens with zero attached hydrogens (tertiary/aromatic N) is 1. The van der Waals surface area contributed by atoms with E-state index in [0.717, 1.165) is 49.2 Å². The number of benzene rings is 1. The fraction of sp³-hybridized carbons (Fsp3) is 0.375. The van der Waals surface area contributed by atoms with E-state index in [1.807, 2.05) is 6.07 Å². The molecule has 0 atom stereocenters. The van der Waals surface area contributed by atoms with Crippen molar-refractivity contribution in [3.63, 3.8) is 0 Å². The highest BCUT2D eigenvalue weighted by Crippen LogP contribution is 2.30. The lowest BCUT2D eigenvalue weighted by molar-refractivity contribution is 0.122. The molecule has 0 bridgehead atoms. The second kappa shape index (κ2) is 6.69. The molecular weight excluding hydrogens is 304 g/mol. The fourth-order valence-corrected chi connectivity index (χ4v) is 3.59. The summed E-state index contributed by atoms with van der Waals surface area (Å²) in [7, 11) is 0. The van der Waals surface area contributed by atoms with Gasteiger partial charge in [0.25, 0.3) is 0 Å². The van der Waals surface area contributed by atoms with Crippen molar-refractivity contribution in [2.75, 3.05) is 36.5 Å². The molecule has 0 amide bonds. The molecule has 1 aromatic heterocycles. The van der Waals surface area contributed by atoms with Crippen LogP contribution in [0.15, 0.2) is 29.6 Å². The third-order valence-electron chi connectivity index (χ3n) is 3.72. The molecule has 2 heterocycles. The van der Waals surface area contributed by atoms with E-state index in [0.29, 0.717) is 0 Å². The van der Waals surface area contributed by atoms with Crippen LogP contribution in [0, 0.1) is 6.92 Å². The Labute approximate surface area is 134 Å². The lowest BCUT2D eigenvalue weighted by Crippen LogP contribution is -2.36. The van der Waals surface area contributed by atoms with Gasteiger partial charge in [-0.1, -0.05) is 11.6 Å². The maximum atomic E-state index is 6.43. The van der Waals surface area contributed by atoms with Gasteiger partial charge in [0.1, 0.15) is 0 Å². The zero-order chi connectivity index (χ0) is 14.7. The standard InChI is InChI=1S/C16H19ClN2OS/c1-12-4-9-21-16(12)11-18-13-2-3-15(14(17)10-13)19-5-7-20-8-6-19/h2-4,9-10,18H,5-8,11H2,1H3. The maximum absolute atomic E-state index is 6.43. The zero-order valence-corrected chi connectivity index (χ0v) is 13.6. The first-order valence-corrected chi connectivity index (χ1v) is 8.39. The fourth-order valence-electron chi connectivity index (χ4n) is 2.45. The molecule has 5 heteroatoms. The van der Waals surface area contributed by atoms with Gasteiger partial charge in [-0.25, -0.2) is 0 Å². The van der Waals surface area contributed by atoms with Crippen LogP contribution in [0.4, 0.5) is 11.4 Å². The van der Waals surface area contributed by atoms with E-state index in [1.165, 1.54) is 10.4 Å². The first-order valence-electron chi connectivity index (χ1n) is 7.13. The summed E-state index contributed by atoms with van der Waals surface area (Å²) in [6.45, 7) is 6.34. The van der Waals surface area contributed by atoms with Crippen LogP contribution in [0.5, 0.6) is 0 Å². The van der Waals surface area contributed by atoms with Crippen molar-refractivity contribution in [2.24, 2.45) is 0 Å². The number of thiophene rings is 1. The number of ether oxygens (including phenoxy) is 1. The molecule has 2 aromatic rings. The Hall–Kier alpha value is -1.23. The van der Waals surface area contributed by atoms with E-state index in [-0.39, 0.29) is 0 Å². The van der Waals surface area contributed by atoms with Crippen LogP contribution in [-0.2, 0) is 11.3 Å². The van der Waals surface area contributed by atoms with Crippen molar-refractivity contribution in [3.05, 3.63) is 45.1 Å². The average Bonchev–Trinajstić information content (AvgIpc) is 2.91. The molecule has 0 unspecified atom stereocenters. The van der Waals surface area contributed by atoms with Gasteiger partial charge in [0.15, 0.2) is 0 Å². The maximum Gasteiger partial charge on any atom is 0.0660 e. The predicted molar refractivity (Wildman–Crippen MR) is 90.9 cm³/mol. The molecule has 3 nitrogen and oxygen atoms in total. The molecule has 0 radical (unpaired) electrons. The van der Waals surface area contributed by atoms with E-state index in [2.05, 4.69) is 40.7 Å². The summed E-state index contributed by atoms with van der Waals surface area (Å²) in [5.74, 6) is 0. The van der Waals surface area contributed by atoms with Gasteiger partial charge >= 0.3 is 0 Å². The summed E-state index contributed by atoms with van der Waals surface area (Å²) in [5, 5.41) is 6.36. The van der Waals surface area contributed by atoms with E-state index >= 15 is 0 Å². The molecule has 1 saturated heterocycles. The lowest BCUT2D eigenvalue weighted by Gasteiger charge is -2.29. The average molecular weight is 323 g/mol. The van der Waals surface area contributed by atoms with Crippen molar-refractivity contribution >= 4 is 34.3 Å². The van der Waals surface area contributed by atoms with Crippen molar-refractivity contribution in [3.8, 4) is 0 Å². The Morgan fingerprint density at radius 1 is 1.29 bits per heavy atom. The SMILES string of the molecule is Cc1ccsc1CNc1ccc(N2CCOCC2)c(Cl)c1. The Morgan fingerprint density at radius 3 is 2.76 bits per heavy atom. The van der Waals surface area contributed by atoms with Gasteiger partial charge < -0.3 is 15.0 Å². The van der Waals surface area contributed by atoms with Gasteiger partial charge in [-0.05, 0) is 42.1 Å². The number of aryl methyl sites for hydroxylation is 1. The van der Waals surface area contributed by atoms with Crippen molar-refractivity contribution in [2.45, 2.75) is 13.5 Å². The van der Waals surface area contributed by atoms with Crippen LogP contribution in [0.1, 0.15) is 10.4 Å². The first kappa shape index (κ1) is 14.7. The number of nitrogens with one attached hydrogen (secondary N) is 1. The van der Waals surface area contributed by atoms with E-state index < -0.39 is 0 Å². The van der Waals surface area contributed by atoms with Gasteiger partial charge in [0.05, 0.1) is 23.9 Å². The normalized spacial score (nSPS) is 15.2. The van der Waals surface area contributed by atoms with E-state index in [4.69, 9.17) is 16.3 Å². The summed E-state index contributed by atoms with van der Waals surface area (Å²) < 4.78 is 5.38. The topological polar surface area (TPSA) is 24.5 Å². The van der Waals surface area contributed by atoms with Crippen molar-refractivity contribution in [1.29, 1.82) is 0 Å². The molecule has 1 fully saturated rings. The summed E-state index contributed by atoms with van der Waals surface area (Å²) in [5.41, 5.74) is 3.49. The number of morpholine rings is 1. The number of rotatable bonds is 4. The summed E-state index contributed by atoms with van der Waals surface area (Å²) >= 11 is 8.22. The zero-order valence-electron chi connectivity index (χ0n) is 12.1. The Bertz CT molecular complexity index is 608. The molecule has 1 aliphatic heterocycles. The Balaban J connectivity index is 1.67. The molecule has 1 aromatic carbocycles. The van der Waals surface area contributed by atoms with Gasteiger partial charge in [-0.3, -0.25) is 0 Å².